The van der Waals surface area contributed by atoms with Crippen molar-refractivity contribution in [3.8, 4) is 11.5 Å². The lowest BCUT2D eigenvalue weighted by Gasteiger charge is -2.20. The number of nitrogens with zero attached hydrogens (tertiary/aromatic N) is 2. The second kappa shape index (κ2) is 10.8. The second-order valence-corrected chi connectivity index (χ2v) is 7.49. The number of alkyl halides is 3. The number of halogens is 3. The molecular formula is C23H23F3N4O4. The Hall–Kier alpha value is -3.89. The van der Waals surface area contributed by atoms with Crippen molar-refractivity contribution in [1.29, 1.82) is 0 Å². The monoisotopic (exact) mass is 476 g/mol. The average Bonchev–Trinajstić information content (AvgIpc) is 3.30. The molecule has 34 heavy (non-hydrogen) atoms. The minimum Gasteiger partial charge on any atom is -0.481 e. The molecule has 0 aliphatic carbocycles. The zero-order valence-electron chi connectivity index (χ0n) is 18.2. The number of hydrogen-bond donors (Lipinski definition) is 3. The van der Waals surface area contributed by atoms with Crippen LogP contribution in [0.5, 0.6) is 0 Å². The molecule has 0 saturated heterocycles. The first-order valence-electron chi connectivity index (χ1n) is 10.5. The molecule has 3 N–H and O–H groups in total. The zero-order chi connectivity index (χ0) is 24.7. The molecule has 0 bridgehead atoms. The number of anilines is 1. The van der Waals surface area contributed by atoms with Crippen molar-refractivity contribution < 1.29 is 32.3 Å². The number of rotatable bonds is 10. The Kier molecular flexibility index (Phi) is 7.87. The van der Waals surface area contributed by atoms with Gasteiger partial charge in [0.25, 0.3) is 5.91 Å². The highest BCUT2D eigenvalue weighted by Crippen LogP contribution is 2.31. The van der Waals surface area contributed by atoms with E-state index >= 15 is 0 Å². The Morgan fingerprint density at radius 1 is 1.06 bits per heavy atom. The number of carboxylic acid groups (broad SMARTS) is 1. The number of hydrogen-bond acceptors (Lipinski definition) is 6. The average molecular weight is 476 g/mol. The molecule has 0 saturated carbocycles. The molecule has 0 radical (unpaired) electrons. The van der Waals surface area contributed by atoms with Gasteiger partial charge in [-0.3, -0.25) is 9.59 Å². The van der Waals surface area contributed by atoms with Crippen molar-refractivity contribution in [2.75, 3.05) is 11.9 Å². The highest BCUT2D eigenvalue weighted by atomic mass is 19.4. The van der Waals surface area contributed by atoms with Gasteiger partial charge in [0.2, 0.25) is 5.89 Å². The number of aromatic nitrogens is 2. The molecule has 11 heteroatoms. The molecule has 1 heterocycles. The van der Waals surface area contributed by atoms with Crippen LogP contribution in [0.3, 0.4) is 0 Å². The fraction of sp³-hybridized carbons (Fsp3) is 0.304. The first kappa shape index (κ1) is 24.7. The summed E-state index contributed by atoms with van der Waals surface area (Å²) in [7, 11) is 0. The Balaban J connectivity index is 1.67. The molecule has 0 aliphatic heterocycles. The summed E-state index contributed by atoms with van der Waals surface area (Å²) >= 11 is 0. The van der Waals surface area contributed by atoms with Gasteiger partial charge >= 0.3 is 18.0 Å². The van der Waals surface area contributed by atoms with Gasteiger partial charge in [0.15, 0.2) is 0 Å². The molecule has 1 amide bonds. The van der Waals surface area contributed by atoms with Crippen LogP contribution in [0.15, 0.2) is 52.9 Å². The van der Waals surface area contributed by atoms with Gasteiger partial charge in [-0.05, 0) is 48.4 Å². The number of carbonyl (C=O) groups excluding carboxylic acids is 1. The topological polar surface area (TPSA) is 117 Å². The molecule has 1 aromatic heterocycles. The molecule has 0 aliphatic rings. The van der Waals surface area contributed by atoms with E-state index in [4.69, 9.17) is 9.52 Å². The third-order valence-electron chi connectivity index (χ3n) is 4.92. The van der Waals surface area contributed by atoms with Gasteiger partial charge in [-0.1, -0.05) is 25.5 Å². The lowest BCUT2D eigenvalue weighted by Crippen LogP contribution is -2.25. The fourth-order valence-electron chi connectivity index (χ4n) is 3.23. The number of benzene rings is 2. The van der Waals surface area contributed by atoms with Crippen molar-refractivity contribution >= 4 is 17.6 Å². The Morgan fingerprint density at radius 3 is 2.29 bits per heavy atom. The summed E-state index contributed by atoms with van der Waals surface area (Å²) in [6, 6.07) is 13.5. The van der Waals surface area contributed by atoms with E-state index in [2.05, 4.69) is 20.8 Å². The lowest BCUT2D eigenvalue weighted by molar-refractivity contribution is -0.157. The second-order valence-electron chi connectivity index (χ2n) is 7.49. The van der Waals surface area contributed by atoms with Gasteiger partial charge in [0.1, 0.15) is 0 Å². The molecule has 180 valence electrons. The lowest BCUT2D eigenvalue weighted by atomic mass is 10.00. The van der Waals surface area contributed by atoms with Gasteiger partial charge in [0, 0.05) is 23.4 Å². The normalized spacial score (nSPS) is 12.2. The fourth-order valence-corrected chi connectivity index (χ4v) is 3.23. The Morgan fingerprint density at radius 2 is 1.74 bits per heavy atom. The molecule has 3 aromatic rings. The van der Waals surface area contributed by atoms with Crippen LogP contribution in [0, 0.1) is 0 Å². The number of aliphatic carboxylic acids is 1. The quantitative estimate of drug-likeness (QED) is 0.380. The number of carbonyl (C=O) groups is 2. The van der Waals surface area contributed by atoms with E-state index in [1.54, 1.807) is 48.5 Å². The summed E-state index contributed by atoms with van der Waals surface area (Å²) in [6.07, 6.45) is -3.19. The molecule has 0 fully saturated rings. The van der Waals surface area contributed by atoms with Crippen LogP contribution in [0.2, 0.25) is 0 Å². The molecule has 8 nitrogen and oxygen atoms in total. The van der Waals surface area contributed by atoms with Gasteiger partial charge in [0.05, 0.1) is 12.5 Å². The standard InChI is InChI=1S/C23H23F3N4O4/c1-2-3-18(28-17-10-8-15(9-11-17)20(33)27-13-12-19(31)32)14-4-6-16(7-5-14)21-29-30-22(34-21)23(24,25)26/h4-11,18,28H,2-3,12-13H2,1H3,(H,27,33)(H,31,32). The molecule has 0 spiro atoms. The maximum Gasteiger partial charge on any atom is 0.470 e. The van der Waals surface area contributed by atoms with E-state index in [-0.39, 0.29) is 30.8 Å². The van der Waals surface area contributed by atoms with Crippen LogP contribution in [0.1, 0.15) is 54.0 Å². The van der Waals surface area contributed by atoms with E-state index < -0.39 is 18.0 Å². The van der Waals surface area contributed by atoms with E-state index in [0.717, 1.165) is 24.1 Å². The number of carboxylic acids is 1. The molecule has 1 atom stereocenters. The van der Waals surface area contributed by atoms with Crippen LogP contribution in [-0.4, -0.2) is 33.7 Å². The van der Waals surface area contributed by atoms with E-state index in [0.29, 0.717) is 11.1 Å². The smallest absolute Gasteiger partial charge is 0.470 e. The third kappa shape index (κ3) is 6.56. The van der Waals surface area contributed by atoms with Crippen molar-refractivity contribution in [1.82, 2.24) is 15.5 Å². The summed E-state index contributed by atoms with van der Waals surface area (Å²) in [4.78, 5) is 22.6. The van der Waals surface area contributed by atoms with Crippen molar-refractivity contribution in [3.63, 3.8) is 0 Å². The molecule has 2 aromatic carbocycles. The summed E-state index contributed by atoms with van der Waals surface area (Å²) in [5.41, 5.74) is 2.47. The Bertz CT molecular complexity index is 1110. The summed E-state index contributed by atoms with van der Waals surface area (Å²) in [5.74, 6) is -2.95. The van der Waals surface area contributed by atoms with Crippen LogP contribution < -0.4 is 10.6 Å². The summed E-state index contributed by atoms with van der Waals surface area (Å²) < 4.78 is 42.8. The van der Waals surface area contributed by atoms with Gasteiger partial charge in [-0.2, -0.15) is 13.2 Å². The third-order valence-corrected chi connectivity index (χ3v) is 4.92. The van der Waals surface area contributed by atoms with E-state index in [9.17, 15) is 22.8 Å². The minimum absolute atomic E-state index is 0.0455. The summed E-state index contributed by atoms with van der Waals surface area (Å²) in [5, 5.41) is 21.1. The van der Waals surface area contributed by atoms with Crippen molar-refractivity contribution in [3.05, 3.63) is 65.5 Å². The van der Waals surface area contributed by atoms with Gasteiger partial charge in [-0.25, -0.2) is 0 Å². The van der Waals surface area contributed by atoms with Gasteiger partial charge < -0.3 is 20.2 Å². The maximum absolute atomic E-state index is 12.7. The SMILES string of the molecule is CCCC(Nc1ccc(C(=O)NCCC(=O)O)cc1)c1ccc(-c2nnc(C(F)(F)F)o2)cc1. The molecular weight excluding hydrogens is 453 g/mol. The molecule has 3 rings (SSSR count). The first-order valence-corrected chi connectivity index (χ1v) is 10.5. The Labute approximate surface area is 193 Å². The van der Waals surface area contributed by atoms with Crippen LogP contribution in [-0.2, 0) is 11.0 Å². The van der Waals surface area contributed by atoms with Crippen molar-refractivity contribution in [2.24, 2.45) is 0 Å². The van der Waals surface area contributed by atoms with Crippen LogP contribution >= 0.6 is 0 Å². The highest BCUT2D eigenvalue weighted by Gasteiger charge is 2.38. The maximum atomic E-state index is 12.7. The number of nitrogens with one attached hydrogen (secondary N) is 2. The highest BCUT2D eigenvalue weighted by molar-refractivity contribution is 5.94. The van der Waals surface area contributed by atoms with E-state index in [1.165, 1.54) is 0 Å². The summed E-state index contributed by atoms with van der Waals surface area (Å²) in [6.45, 7) is 2.08. The van der Waals surface area contributed by atoms with Crippen LogP contribution in [0.25, 0.3) is 11.5 Å². The zero-order valence-corrected chi connectivity index (χ0v) is 18.2. The van der Waals surface area contributed by atoms with Gasteiger partial charge in [-0.15, -0.1) is 10.2 Å². The predicted molar refractivity (Wildman–Crippen MR) is 117 cm³/mol. The van der Waals surface area contributed by atoms with Crippen molar-refractivity contribution in [2.45, 2.75) is 38.4 Å². The first-order chi connectivity index (χ1) is 16.2. The minimum atomic E-state index is -4.70. The largest absolute Gasteiger partial charge is 0.481 e. The van der Waals surface area contributed by atoms with Crippen LogP contribution in [0.4, 0.5) is 18.9 Å². The predicted octanol–water partition coefficient (Wildman–Crippen LogP) is 4.91. The van der Waals surface area contributed by atoms with E-state index in [1.807, 2.05) is 6.92 Å². The molecule has 1 unspecified atom stereocenters. The number of amides is 1.